The number of halogens is 1. The van der Waals surface area contributed by atoms with Crippen molar-refractivity contribution in [1.29, 1.82) is 0 Å². The molecule has 1 aromatic rings. The van der Waals surface area contributed by atoms with Crippen LogP contribution in [0.15, 0.2) is 18.2 Å². The summed E-state index contributed by atoms with van der Waals surface area (Å²) in [4.78, 5) is 25.4. The van der Waals surface area contributed by atoms with E-state index in [4.69, 9.17) is 16.3 Å². The molecule has 0 aliphatic carbocycles. The number of fused-ring (bicyclic) bond motifs is 1. The van der Waals surface area contributed by atoms with Crippen molar-refractivity contribution in [2.45, 2.75) is 31.8 Å². The molecule has 7 heteroatoms. The van der Waals surface area contributed by atoms with Crippen LogP contribution in [0.1, 0.15) is 31.4 Å². The first kappa shape index (κ1) is 17.4. The normalized spacial score (nSPS) is 18.0. The molecule has 2 N–H and O–H groups in total. The van der Waals surface area contributed by atoms with Crippen molar-refractivity contribution in [3.05, 3.63) is 28.8 Å². The molecule has 0 saturated heterocycles. The Kier molecular flexibility index (Phi) is 5.71. The second-order valence-electron chi connectivity index (χ2n) is 5.80. The van der Waals surface area contributed by atoms with Gasteiger partial charge in [-0.05, 0) is 31.9 Å². The molecule has 126 valence electrons. The third kappa shape index (κ3) is 4.51. The highest BCUT2D eigenvalue weighted by Crippen LogP contribution is 2.33. The minimum Gasteiger partial charge on any atom is -0.493 e. The van der Waals surface area contributed by atoms with Crippen LogP contribution in [0.25, 0.3) is 0 Å². The zero-order chi connectivity index (χ0) is 17.0. The minimum absolute atomic E-state index is 0.156. The zero-order valence-corrected chi connectivity index (χ0v) is 14.3. The van der Waals surface area contributed by atoms with Crippen LogP contribution in [0.5, 0.6) is 5.75 Å². The summed E-state index contributed by atoms with van der Waals surface area (Å²) in [7, 11) is 3.31. The monoisotopic (exact) mass is 339 g/mol. The summed E-state index contributed by atoms with van der Waals surface area (Å²) in [6.45, 7) is 2.24. The molecule has 0 bridgehead atoms. The van der Waals surface area contributed by atoms with Gasteiger partial charge in [-0.15, -0.1) is 0 Å². The first-order valence-electron chi connectivity index (χ1n) is 7.59. The van der Waals surface area contributed by atoms with Gasteiger partial charge >= 0.3 is 6.03 Å². The van der Waals surface area contributed by atoms with Gasteiger partial charge in [-0.1, -0.05) is 17.7 Å². The number of nitrogens with zero attached hydrogens (tertiary/aromatic N) is 1. The van der Waals surface area contributed by atoms with Gasteiger partial charge in [0.1, 0.15) is 11.8 Å². The fourth-order valence-electron chi connectivity index (χ4n) is 2.54. The van der Waals surface area contributed by atoms with Gasteiger partial charge < -0.3 is 20.3 Å². The predicted molar refractivity (Wildman–Crippen MR) is 88.7 cm³/mol. The lowest BCUT2D eigenvalue weighted by atomic mass is 10.0. The number of urea groups is 1. The van der Waals surface area contributed by atoms with Crippen LogP contribution < -0.4 is 15.4 Å². The molecule has 1 heterocycles. The van der Waals surface area contributed by atoms with Crippen molar-refractivity contribution < 1.29 is 14.3 Å². The fourth-order valence-corrected chi connectivity index (χ4v) is 2.70. The van der Waals surface area contributed by atoms with Crippen molar-refractivity contribution in [2.24, 2.45) is 0 Å². The molecule has 6 nitrogen and oxygen atoms in total. The van der Waals surface area contributed by atoms with Gasteiger partial charge in [0.15, 0.2) is 0 Å². The number of amides is 3. The second kappa shape index (κ2) is 7.55. The topological polar surface area (TPSA) is 70.7 Å². The van der Waals surface area contributed by atoms with Crippen LogP contribution in [-0.4, -0.2) is 43.6 Å². The van der Waals surface area contributed by atoms with Gasteiger partial charge in [0.25, 0.3) is 0 Å². The molecule has 1 aliphatic rings. The first-order valence-corrected chi connectivity index (χ1v) is 7.96. The molecule has 1 aromatic carbocycles. The molecule has 0 aromatic heterocycles. The molecule has 0 radical (unpaired) electrons. The van der Waals surface area contributed by atoms with E-state index in [1.54, 1.807) is 33.2 Å². The van der Waals surface area contributed by atoms with Crippen LogP contribution in [0.3, 0.4) is 0 Å². The van der Waals surface area contributed by atoms with E-state index in [0.29, 0.717) is 17.4 Å². The Morgan fingerprint density at radius 3 is 2.83 bits per heavy atom. The molecular formula is C16H22ClN3O3. The fraction of sp³-hybridized carbons (Fsp3) is 0.500. The Labute approximate surface area is 141 Å². The van der Waals surface area contributed by atoms with E-state index in [1.807, 2.05) is 6.07 Å². The summed E-state index contributed by atoms with van der Waals surface area (Å²) < 4.78 is 5.67. The van der Waals surface area contributed by atoms with Crippen molar-refractivity contribution in [1.82, 2.24) is 15.5 Å². The SMILES string of the molecule is C[C@H](NC(=O)NC1CCCOc2cc(Cl)ccc21)C(=O)N(C)C. The van der Waals surface area contributed by atoms with Gasteiger partial charge in [0.05, 0.1) is 12.6 Å². The Morgan fingerprint density at radius 1 is 1.39 bits per heavy atom. The molecule has 1 unspecified atom stereocenters. The zero-order valence-electron chi connectivity index (χ0n) is 13.6. The van der Waals surface area contributed by atoms with E-state index in [2.05, 4.69) is 10.6 Å². The van der Waals surface area contributed by atoms with Crippen LogP contribution in [0.2, 0.25) is 5.02 Å². The summed E-state index contributed by atoms with van der Waals surface area (Å²) >= 11 is 5.99. The number of benzene rings is 1. The van der Waals surface area contributed by atoms with E-state index in [9.17, 15) is 9.59 Å². The number of carbonyl (C=O) groups is 2. The Hall–Kier alpha value is -1.95. The molecular weight excluding hydrogens is 318 g/mol. The largest absolute Gasteiger partial charge is 0.493 e. The molecule has 3 amide bonds. The van der Waals surface area contributed by atoms with E-state index < -0.39 is 6.04 Å². The molecule has 2 rings (SSSR count). The van der Waals surface area contributed by atoms with Crippen LogP contribution in [-0.2, 0) is 4.79 Å². The Balaban J connectivity index is 2.05. The molecule has 2 atom stereocenters. The maximum absolute atomic E-state index is 12.2. The Bertz CT molecular complexity index is 592. The number of ether oxygens (including phenoxy) is 1. The maximum atomic E-state index is 12.2. The van der Waals surface area contributed by atoms with Gasteiger partial charge in [-0.2, -0.15) is 0 Å². The average Bonchev–Trinajstić information content (AvgIpc) is 2.68. The molecule has 1 aliphatic heterocycles. The quantitative estimate of drug-likeness (QED) is 0.888. The lowest BCUT2D eigenvalue weighted by Gasteiger charge is -2.22. The lowest BCUT2D eigenvalue weighted by Crippen LogP contribution is -2.48. The van der Waals surface area contributed by atoms with Crippen molar-refractivity contribution >= 4 is 23.5 Å². The predicted octanol–water partition coefficient (Wildman–Crippen LogP) is 2.33. The maximum Gasteiger partial charge on any atom is 0.315 e. The number of hydrogen-bond acceptors (Lipinski definition) is 3. The lowest BCUT2D eigenvalue weighted by molar-refractivity contribution is -0.130. The average molecular weight is 340 g/mol. The molecule has 0 fully saturated rings. The number of likely N-dealkylation sites (N-methyl/N-ethyl adjacent to an activating group) is 1. The van der Waals surface area contributed by atoms with Crippen LogP contribution in [0, 0.1) is 0 Å². The highest BCUT2D eigenvalue weighted by molar-refractivity contribution is 6.30. The summed E-state index contributed by atoms with van der Waals surface area (Å²) in [6, 6.07) is 4.26. The summed E-state index contributed by atoms with van der Waals surface area (Å²) in [5.41, 5.74) is 0.897. The van der Waals surface area contributed by atoms with Gasteiger partial charge in [-0.3, -0.25) is 4.79 Å². The van der Waals surface area contributed by atoms with E-state index >= 15 is 0 Å². The van der Waals surface area contributed by atoms with E-state index in [-0.39, 0.29) is 18.0 Å². The van der Waals surface area contributed by atoms with Crippen molar-refractivity contribution in [3.8, 4) is 5.75 Å². The van der Waals surface area contributed by atoms with E-state index in [1.165, 1.54) is 4.90 Å². The smallest absolute Gasteiger partial charge is 0.315 e. The summed E-state index contributed by atoms with van der Waals surface area (Å²) in [5, 5.41) is 6.17. The third-order valence-electron chi connectivity index (χ3n) is 3.71. The van der Waals surface area contributed by atoms with Gasteiger partial charge in [0.2, 0.25) is 5.91 Å². The minimum atomic E-state index is -0.586. The van der Waals surface area contributed by atoms with Crippen molar-refractivity contribution in [3.63, 3.8) is 0 Å². The standard InChI is InChI=1S/C16H22ClN3O3/c1-10(15(21)20(2)3)18-16(22)19-13-5-4-8-23-14-9-11(17)6-7-12(13)14/h6-7,9-10,13H,4-5,8H2,1-3H3,(H2,18,19,22)/t10-,13?/m0/s1. The number of hydrogen-bond donors (Lipinski definition) is 2. The first-order chi connectivity index (χ1) is 10.9. The van der Waals surface area contributed by atoms with Gasteiger partial charge in [0, 0.05) is 24.7 Å². The van der Waals surface area contributed by atoms with Crippen LogP contribution in [0.4, 0.5) is 4.79 Å². The molecule has 0 spiro atoms. The number of nitrogens with one attached hydrogen (secondary N) is 2. The summed E-state index contributed by atoms with van der Waals surface area (Å²) in [5.74, 6) is 0.536. The third-order valence-corrected chi connectivity index (χ3v) is 3.94. The number of carbonyl (C=O) groups excluding carboxylic acids is 2. The highest BCUT2D eigenvalue weighted by Gasteiger charge is 2.23. The Morgan fingerprint density at radius 2 is 2.13 bits per heavy atom. The van der Waals surface area contributed by atoms with Crippen LogP contribution >= 0.6 is 11.6 Å². The number of rotatable bonds is 3. The van der Waals surface area contributed by atoms with E-state index in [0.717, 1.165) is 18.4 Å². The van der Waals surface area contributed by atoms with Crippen molar-refractivity contribution in [2.75, 3.05) is 20.7 Å². The van der Waals surface area contributed by atoms with Gasteiger partial charge in [-0.25, -0.2) is 4.79 Å². The molecule has 0 saturated carbocycles. The summed E-state index contributed by atoms with van der Waals surface area (Å²) in [6.07, 6.45) is 1.58. The highest BCUT2D eigenvalue weighted by atomic mass is 35.5. The second-order valence-corrected chi connectivity index (χ2v) is 6.23. The molecule has 23 heavy (non-hydrogen) atoms.